The molecule has 4 heteroatoms. The summed E-state index contributed by atoms with van der Waals surface area (Å²) in [4.78, 5) is 16.2. The number of carbonyl (C=O) groups is 1. The Morgan fingerprint density at radius 2 is 1.95 bits per heavy atom. The van der Waals surface area contributed by atoms with Crippen molar-refractivity contribution < 1.29 is 9.21 Å². The molecule has 0 saturated carbocycles. The first-order valence-corrected chi connectivity index (χ1v) is 6.87. The number of aromatic nitrogens is 1. The van der Waals surface area contributed by atoms with Crippen LogP contribution in [0.25, 0.3) is 11.1 Å². The smallest absolute Gasteiger partial charge is 0.224 e. The van der Waals surface area contributed by atoms with E-state index in [0.29, 0.717) is 18.9 Å². The summed E-state index contributed by atoms with van der Waals surface area (Å²) in [5.74, 6) is 0.633. The maximum atomic E-state index is 12.0. The lowest BCUT2D eigenvalue weighted by Crippen LogP contribution is -2.24. The van der Waals surface area contributed by atoms with Crippen LogP contribution in [0.15, 0.2) is 52.9 Å². The minimum Gasteiger partial charge on any atom is -0.441 e. The number of hydrogen-bond donors (Lipinski definition) is 1. The van der Waals surface area contributed by atoms with Crippen molar-refractivity contribution in [3.63, 3.8) is 0 Å². The number of aryl methyl sites for hydroxylation is 1. The quantitative estimate of drug-likeness (QED) is 0.799. The molecule has 2 aromatic carbocycles. The van der Waals surface area contributed by atoms with Gasteiger partial charge in [-0.25, -0.2) is 4.98 Å². The van der Waals surface area contributed by atoms with Crippen LogP contribution in [0.2, 0.25) is 0 Å². The van der Waals surface area contributed by atoms with Crippen molar-refractivity contribution >= 4 is 17.0 Å². The zero-order valence-corrected chi connectivity index (χ0v) is 11.8. The Balaban J connectivity index is 1.63. The maximum absolute atomic E-state index is 12.0. The fourth-order valence-corrected chi connectivity index (χ4v) is 2.24. The van der Waals surface area contributed by atoms with Crippen LogP contribution in [-0.2, 0) is 17.8 Å². The summed E-state index contributed by atoms with van der Waals surface area (Å²) in [6.07, 6.45) is 0.342. The number of fused-ring (bicyclic) bond motifs is 1. The van der Waals surface area contributed by atoms with Crippen LogP contribution >= 0.6 is 0 Å². The molecule has 0 unspecified atom stereocenters. The lowest BCUT2D eigenvalue weighted by atomic mass is 10.1. The number of carbonyl (C=O) groups excluding carboxylic acids is 1. The SMILES string of the molecule is Cc1nc2cc(CC(=O)NCc3ccccc3)ccc2o1. The number of hydrogen-bond acceptors (Lipinski definition) is 3. The zero-order valence-electron chi connectivity index (χ0n) is 11.8. The fraction of sp³-hybridized carbons (Fsp3) is 0.176. The van der Waals surface area contributed by atoms with Crippen molar-refractivity contribution in [1.82, 2.24) is 10.3 Å². The summed E-state index contributed by atoms with van der Waals surface area (Å²) in [6.45, 7) is 2.36. The molecule has 3 rings (SSSR count). The van der Waals surface area contributed by atoms with E-state index >= 15 is 0 Å². The second-order valence-electron chi connectivity index (χ2n) is 4.97. The van der Waals surface area contributed by atoms with Crippen molar-refractivity contribution in [2.24, 2.45) is 0 Å². The Hall–Kier alpha value is -2.62. The molecule has 0 fully saturated rings. The summed E-state index contributed by atoms with van der Waals surface area (Å²) in [7, 11) is 0. The highest BCUT2D eigenvalue weighted by molar-refractivity contribution is 5.81. The van der Waals surface area contributed by atoms with Crippen LogP contribution in [0.1, 0.15) is 17.0 Å². The largest absolute Gasteiger partial charge is 0.441 e. The summed E-state index contributed by atoms with van der Waals surface area (Å²) < 4.78 is 5.42. The first-order chi connectivity index (χ1) is 10.2. The highest BCUT2D eigenvalue weighted by atomic mass is 16.3. The molecule has 0 saturated heterocycles. The summed E-state index contributed by atoms with van der Waals surface area (Å²) in [5, 5.41) is 2.92. The average Bonchev–Trinajstić information content (AvgIpc) is 2.85. The maximum Gasteiger partial charge on any atom is 0.224 e. The molecule has 0 atom stereocenters. The van der Waals surface area contributed by atoms with Gasteiger partial charge in [0.2, 0.25) is 5.91 Å². The van der Waals surface area contributed by atoms with E-state index in [1.807, 2.05) is 55.5 Å². The number of oxazole rings is 1. The van der Waals surface area contributed by atoms with Crippen LogP contribution in [-0.4, -0.2) is 10.9 Å². The predicted octanol–water partition coefficient (Wildman–Crippen LogP) is 3.00. The van der Waals surface area contributed by atoms with E-state index < -0.39 is 0 Å². The third-order valence-corrected chi connectivity index (χ3v) is 3.26. The van der Waals surface area contributed by atoms with E-state index in [4.69, 9.17) is 4.42 Å². The second kappa shape index (κ2) is 5.79. The van der Waals surface area contributed by atoms with E-state index in [-0.39, 0.29) is 5.91 Å². The normalized spacial score (nSPS) is 10.7. The third kappa shape index (κ3) is 3.28. The van der Waals surface area contributed by atoms with Gasteiger partial charge in [-0.3, -0.25) is 4.79 Å². The van der Waals surface area contributed by atoms with Crippen LogP contribution in [0, 0.1) is 6.92 Å². The van der Waals surface area contributed by atoms with E-state index in [9.17, 15) is 4.79 Å². The first-order valence-electron chi connectivity index (χ1n) is 6.87. The number of benzene rings is 2. The van der Waals surface area contributed by atoms with Gasteiger partial charge >= 0.3 is 0 Å². The Labute approximate surface area is 122 Å². The molecule has 0 radical (unpaired) electrons. The third-order valence-electron chi connectivity index (χ3n) is 3.26. The molecule has 0 aliphatic rings. The van der Waals surface area contributed by atoms with Gasteiger partial charge in [0, 0.05) is 13.5 Å². The Kier molecular flexibility index (Phi) is 3.69. The van der Waals surface area contributed by atoms with Crippen LogP contribution in [0.5, 0.6) is 0 Å². The van der Waals surface area contributed by atoms with E-state index in [1.165, 1.54) is 0 Å². The van der Waals surface area contributed by atoms with Gasteiger partial charge in [-0.1, -0.05) is 36.4 Å². The minimum absolute atomic E-state index is 0.00146. The lowest BCUT2D eigenvalue weighted by Gasteiger charge is -2.05. The molecule has 1 N–H and O–H groups in total. The number of nitrogens with one attached hydrogen (secondary N) is 1. The van der Waals surface area contributed by atoms with Gasteiger partial charge in [-0.05, 0) is 23.3 Å². The average molecular weight is 280 g/mol. The highest BCUT2D eigenvalue weighted by Crippen LogP contribution is 2.17. The molecule has 0 spiro atoms. The second-order valence-corrected chi connectivity index (χ2v) is 4.97. The van der Waals surface area contributed by atoms with Gasteiger partial charge in [0.05, 0.1) is 6.42 Å². The molecule has 1 aromatic heterocycles. The molecule has 21 heavy (non-hydrogen) atoms. The highest BCUT2D eigenvalue weighted by Gasteiger charge is 2.07. The molecule has 0 aliphatic carbocycles. The van der Waals surface area contributed by atoms with Crippen molar-refractivity contribution in [3.05, 3.63) is 65.5 Å². The van der Waals surface area contributed by atoms with Gasteiger partial charge in [-0.15, -0.1) is 0 Å². The van der Waals surface area contributed by atoms with E-state index in [1.54, 1.807) is 0 Å². The zero-order chi connectivity index (χ0) is 14.7. The Morgan fingerprint density at radius 1 is 1.14 bits per heavy atom. The summed E-state index contributed by atoms with van der Waals surface area (Å²) in [5.41, 5.74) is 3.57. The van der Waals surface area contributed by atoms with E-state index in [0.717, 1.165) is 22.2 Å². The van der Waals surface area contributed by atoms with E-state index in [2.05, 4.69) is 10.3 Å². The molecule has 4 nitrogen and oxygen atoms in total. The molecule has 106 valence electrons. The van der Waals surface area contributed by atoms with Crippen molar-refractivity contribution in [1.29, 1.82) is 0 Å². The lowest BCUT2D eigenvalue weighted by molar-refractivity contribution is -0.120. The summed E-state index contributed by atoms with van der Waals surface area (Å²) in [6, 6.07) is 15.5. The van der Waals surface area contributed by atoms with Crippen molar-refractivity contribution in [2.45, 2.75) is 19.9 Å². The monoisotopic (exact) mass is 280 g/mol. The molecule has 3 aromatic rings. The molecule has 1 heterocycles. The van der Waals surface area contributed by atoms with Gasteiger partial charge in [0.25, 0.3) is 0 Å². The van der Waals surface area contributed by atoms with Crippen LogP contribution < -0.4 is 5.32 Å². The van der Waals surface area contributed by atoms with Gasteiger partial charge < -0.3 is 9.73 Å². The van der Waals surface area contributed by atoms with Gasteiger partial charge in [-0.2, -0.15) is 0 Å². The predicted molar refractivity (Wildman–Crippen MR) is 80.7 cm³/mol. The van der Waals surface area contributed by atoms with Crippen molar-refractivity contribution in [3.8, 4) is 0 Å². The number of amides is 1. The molecular weight excluding hydrogens is 264 g/mol. The number of rotatable bonds is 4. The Morgan fingerprint density at radius 3 is 2.76 bits per heavy atom. The minimum atomic E-state index is -0.00146. The Bertz CT molecular complexity index is 763. The fourth-order valence-electron chi connectivity index (χ4n) is 2.24. The van der Waals surface area contributed by atoms with Crippen LogP contribution in [0.3, 0.4) is 0 Å². The van der Waals surface area contributed by atoms with Crippen molar-refractivity contribution in [2.75, 3.05) is 0 Å². The van der Waals surface area contributed by atoms with Gasteiger partial charge in [0.1, 0.15) is 5.52 Å². The standard InChI is InChI=1S/C17H16N2O2/c1-12-19-15-9-14(7-8-16(15)21-12)10-17(20)18-11-13-5-3-2-4-6-13/h2-9H,10-11H2,1H3,(H,18,20). The molecule has 1 amide bonds. The molecular formula is C17H16N2O2. The van der Waals surface area contributed by atoms with Gasteiger partial charge in [0.15, 0.2) is 11.5 Å². The first kappa shape index (κ1) is 13.4. The molecule has 0 bridgehead atoms. The van der Waals surface area contributed by atoms with Crippen LogP contribution in [0.4, 0.5) is 0 Å². The summed E-state index contributed by atoms with van der Waals surface area (Å²) >= 11 is 0. The topological polar surface area (TPSA) is 55.1 Å². The number of nitrogens with zero attached hydrogens (tertiary/aromatic N) is 1. The molecule has 0 aliphatic heterocycles.